The Bertz CT molecular complexity index is 1350. The molecule has 5 rings (SSSR count). The Morgan fingerprint density at radius 1 is 1.16 bits per heavy atom. The second-order valence-electron chi connectivity index (χ2n) is 9.46. The van der Waals surface area contributed by atoms with Crippen LogP contribution in [-0.2, 0) is 7.05 Å². The number of hydrogen-bond acceptors (Lipinski definition) is 4. The highest BCUT2D eigenvalue weighted by Gasteiger charge is 2.29. The molecule has 2 aromatic carbocycles. The third-order valence-electron chi connectivity index (χ3n) is 6.59. The molecule has 5 heteroatoms. The van der Waals surface area contributed by atoms with E-state index in [0.717, 1.165) is 35.5 Å². The molecule has 160 valence electrons. The number of aryl methyl sites for hydroxylation is 2. The van der Waals surface area contributed by atoms with Crippen LogP contribution in [0, 0.1) is 6.92 Å². The molecular weight excluding hydrogens is 384 g/mol. The Labute approximate surface area is 183 Å². The van der Waals surface area contributed by atoms with Gasteiger partial charge in [-0.25, -0.2) is 4.98 Å². The molecule has 1 fully saturated rings. The summed E-state index contributed by atoms with van der Waals surface area (Å²) < 4.78 is 7.79. The highest BCUT2D eigenvalue weighted by Crippen LogP contribution is 2.38. The standard InChI is InChI=1S/C26H30N4O/c1-15-11-17(14-26(3,4)29-15)28-25-22-13-21-20-12-18(31-6)7-8-23(20)30(5)24(21)16(2)19(22)9-10-27-25/h7-10,12-13,17,29H,1,11,14H2,2-6H3,(H,27,28). The van der Waals surface area contributed by atoms with Gasteiger partial charge in [0.25, 0.3) is 0 Å². The van der Waals surface area contributed by atoms with Crippen LogP contribution in [0.5, 0.6) is 5.75 Å². The summed E-state index contributed by atoms with van der Waals surface area (Å²) in [6, 6.07) is 11.0. The summed E-state index contributed by atoms with van der Waals surface area (Å²) in [5.41, 5.74) is 4.82. The maximum atomic E-state index is 5.50. The first kappa shape index (κ1) is 19.7. The predicted molar refractivity (Wildman–Crippen MR) is 130 cm³/mol. The van der Waals surface area contributed by atoms with Crippen LogP contribution in [0.2, 0.25) is 0 Å². The molecule has 1 aliphatic rings. The fourth-order valence-corrected chi connectivity index (χ4v) is 5.37. The van der Waals surface area contributed by atoms with Crippen molar-refractivity contribution in [2.45, 2.75) is 45.2 Å². The van der Waals surface area contributed by atoms with Crippen LogP contribution in [0.1, 0.15) is 32.3 Å². The quantitative estimate of drug-likeness (QED) is 0.455. The molecule has 5 nitrogen and oxygen atoms in total. The molecule has 1 atom stereocenters. The average molecular weight is 415 g/mol. The Kier molecular flexibility index (Phi) is 4.40. The molecule has 0 spiro atoms. The molecule has 0 aliphatic carbocycles. The number of piperidine rings is 1. The smallest absolute Gasteiger partial charge is 0.134 e. The van der Waals surface area contributed by atoms with Crippen LogP contribution < -0.4 is 15.4 Å². The Hall–Kier alpha value is -3.21. The minimum Gasteiger partial charge on any atom is -0.497 e. The van der Waals surface area contributed by atoms with Gasteiger partial charge in [-0.15, -0.1) is 0 Å². The molecule has 4 aromatic rings. The van der Waals surface area contributed by atoms with Gasteiger partial charge >= 0.3 is 0 Å². The molecule has 0 amide bonds. The van der Waals surface area contributed by atoms with Crippen molar-refractivity contribution in [1.82, 2.24) is 14.9 Å². The number of methoxy groups -OCH3 is 1. The van der Waals surface area contributed by atoms with Gasteiger partial charge < -0.3 is 19.9 Å². The van der Waals surface area contributed by atoms with Crippen molar-refractivity contribution in [2.24, 2.45) is 7.05 Å². The number of fused-ring (bicyclic) bond motifs is 4. The number of nitrogens with one attached hydrogen (secondary N) is 2. The zero-order chi connectivity index (χ0) is 21.9. The van der Waals surface area contributed by atoms with E-state index in [-0.39, 0.29) is 5.54 Å². The van der Waals surface area contributed by atoms with Gasteiger partial charge in [0.05, 0.1) is 12.6 Å². The molecule has 3 heterocycles. The van der Waals surface area contributed by atoms with Crippen LogP contribution in [0.3, 0.4) is 0 Å². The van der Waals surface area contributed by atoms with Crippen molar-refractivity contribution >= 4 is 38.4 Å². The van der Waals surface area contributed by atoms with Crippen molar-refractivity contribution < 1.29 is 4.74 Å². The molecule has 31 heavy (non-hydrogen) atoms. The largest absolute Gasteiger partial charge is 0.497 e. The van der Waals surface area contributed by atoms with Gasteiger partial charge in [-0.3, -0.25) is 0 Å². The van der Waals surface area contributed by atoms with Gasteiger partial charge in [0.15, 0.2) is 0 Å². The van der Waals surface area contributed by atoms with Crippen molar-refractivity contribution in [3.63, 3.8) is 0 Å². The lowest BCUT2D eigenvalue weighted by atomic mass is 9.88. The first-order chi connectivity index (χ1) is 14.8. The molecular formula is C26H30N4O. The fraction of sp³-hybridized carbons (Fsp3) is 0.346. The first-order valence-electron chi connectivity index (χ1n) is 10.8. The van der Waals surface area contributed by atoms with Crippen LogP contribution in [0.25, 0.3) is 32.6 Å². The van der Waals surface area contributed by atoms with Gasteiger partial charge in [0.2, 0.25) is 0 Å². The summed E-state index contributed by atoms with van der Waals surface area (Å²) in [4.78, 5) is 4.75. The summed E-state index contributed by atoms with van der Waals surface area (Å²) in [5, 5.41) is 12.1. The van der Waals surface area contributed by atoms with E-state index in [4.69, 9.17) is 9.72 Å². The monoisotopic (exact) mass is 414 g/mol. The Balaban J connectivity index is 1.70. The normalized spacial score (nSPS) is 18.5. The molecule has 0 saturated carbocycles. The second-order valence-corrected chi connectivity index (χ2v) is 9.46. The number of pyridine rings is 1. The topological polar surface area (TPSA) is 51.1 Å². The summed E-state index contributed by atoms with van der Waals surface area (Å²) in [6.07, 6.45) is 3.82. The Morgan fingerprint density at radius 2 is 1.97 bits per heavy atom. The molecule has 2 aromatic heterocycles. The van der Waals surface area contributed by atoms with E-state index >= 15 is 0 Å². The van der Waals surface area contributed by atoms with E-state index < -0.39 is 0 Å². The van der Waals surface area contributed by atoms with Gasteiger partial charge in [0.1, 0.15) is 11.6 Å². The van der Waals surface area contributed by atoms with Crippen LogP contribution in [0.4, 0.5) is 5.82 Å². The SMILES string of the molecule is C=C1CC(Nc2nccc3c(C)c4c(cc23)c2cc(OC)ccc2n4C)CC(C)(C)N1. The number of ether oxygens (including phenoxy) is 1. The zero-order valence-corrected chi connectivity index (χ0v) is 19.0. The number of hydrogen-bond donors (Lipinski definition) is 2. The van der Waals surface area contributed by atoms with Gasteiger partial charge in [-0.2, -0.15) is 0 Å². The summed E-state index contributed by atoms with van der Waals surface area (Å²) in [5.74, 6) is 1.82. The number of nitrogens with zero attached hydrogens (tertiary/aromatic N) is 2. The number of aromatic nitrogens is 2. The third kappa shape index (κ3) is 3.19. The van der Waals surface area contributed by atoms with Crippen LogP contribution >= 0.6 is 0 Å². The second kappa shape index (κ2) is 6.91. The summed E-state index contributed by atoms with van der Waals surface area (Å²) in [7, 11) is 3.85. The van der Waals surface area contributed by atoms with E-state index in [9.17, 15) is 0 Å². The maximum absolute atomic E-state index is 5.50. The summed E-state index contributed by atoms with van der Waals surface area (Å²) >= 11 is 0. The lowest BCUT2D eigenvalue weighted by Crippen LogP contribution is -2.48. The zero-order valence-electron chi connectivity index (χ0n) is 19.0. The maximum Gasteiger partial charge on any atom is 0.134 e. The van der Waals surface area contributed by atoms with E-state index in [1.807, 2.05) is 12.3 Å². The lowest BCUT2D eigenvalue weighted by molar-refractivity contribution is 0.324. The average Bonchev–Trinajstić information content (AvgIpc) is 2.99. The molecule has 1 aliphatic heterocycles. The van der Waals surface area contributed by atoms with Gasteiger partial charge in [-0.1, -0.05) is 6.58 Å². The molecule has 1 unspecified atom stereocenters. The van der Waals surface area contributed by atoms with Crippen LogP contribution in [-0.4, -0.2) is 28.2 Å². The van der Waals surface area contributed by atoms with Crippen molar-refractivity contribution in [3.05, 3.63) is 54.4 Å². The minimum atomic E-state index is 0.0208. The number of rotatable bonds is 3. The lowest BCUT2D eigenvalue weighted by Gasteiger charge is -2.39. The van der Waals surface area contributed by atoms with E-state index in [2.05, 4.69) is 73.9 Å². The Morgan fingerprint density at radius 3 is 2.71 bits per heavy atom. The number of benzene rings is 2. The van der Waals surface area contributed by atoms with Gasteiger partial charge in [0, 0.05) is 58.6 Å². The fourth-order valence-electron chi connectivity index (χ4n) is 5.37. The third-order valence-corrected chi connectivity index (χ3v) is 6.59. The molecule has 0 radical (unpaired) electrons. The number of anilines is 1. The van der Waals surface area contributed by atoms with Crippen molar-refractivity contribution in [1.29, 1.82) is 0 Å². The van der Waals surface area contributed by atoms with Gasteiger partial charge in [-0.05, 0) is 68.5 Å². The molecule has 1 saturated heterocycles. The minimum absolute atomic E-state index is 0.0208. The highest BCUT2D eigenvalue weighted by atomic mass is 16.5. The van der Waals surface area contributed by atoms with Crippen LogP contribution in [0.15, 0.2) is 48.8 Å². The van der Waals surface area contributed by atoms with E-state index in [1.54, 1.807) is 7.11 Å². The first-order valence-corrected chi connectivity index (χ1v) is 10.8. The summed E-state index contributed by atoms with van der Waals surface area (Å²) in [6.45, 7) is 10.8. The molecule has 0 bridgehead atoms. The van der Waals surface area contributed by atoms with E-state index in [0.29, 0.717) is 6.04 Å². The highest BCUT2D eigenvalue weighted by molar-refractivity contribution is 6.16. The molecule has 2 N–H and O–H groups in total. The van der Waals surface area contributed by atoms with Crippen molar-refractivity contribution in [3.8, 4) is 5.75 Å². The predicted octanol–water partition coefficient (Wildman–Crippen LogP) is 5.65. The van der Waals surface area contributed by atoms with E-state index in [1.165, 1.54) is 32.8 Å². The van der Waals surface area contributed by atoms with Crippen molar-refractivity contribution in [2.75, 3.05) is 12.4 Å².